The second kappa shape index (κ2) is 13.0. The Morgan fingerprint density at radius 1 is 0.333 bits per heavy atom. The van der Waals surface area contributed by atoms with Crippen LogP contribution in [0.1, 0.15) is 5.56 Å². The van der Waals surface area contributed by atoms with Crippen LogP contribution in [0.3, 0.4) is 0 Å². The molecule has 2 heteroatoms. The second-order valence-corrected chi connectivity index (χ2v) is 13.1. The Hall–Kier alpha value is -6.64. The lowest BCUT2D eigenvalue weighted by molar-refractivity contribution is 1.18. The third-order valence-electron chi connectivity index (χ3n) is 9.85. The van der Waals surface area contributed by atoms with Crippen LogP contribution in [0, 0.1) is 6.92 Å². The lowest BCUT2D eigenvalue weighted by Gasteiger charge is -2.27. The van der Waals surface area contributed by atoms with E-state index in [9.17, 15) is 0 Å². The highest BCUT2D eigenvalue weighted by Gasteiger charge is 2.17. The topological polar surface area (TPSA) is 8.17 Å². The van der Waals surface area contributed by atoms with Crippen LogP contribution in [0.25, 0.3) is 60.9 Å². The van der Waals surface area contributed by atoms with Gasteiger partial charge >= 0.3 is 0 Å². The largest absolute Gasteiger partial charge is 0.310 e. The molecule has 0 saturated heterocycles. The van der Waals surface area contributed by atoms with Crippen molar-refractivity contribution in [2.75, 3.05) is 4.90 Å². The maximum absolute atomic E-state index is 2.37. The van der Waals surface area contributed by atoms with Gasteiger partial charge in [0.2, 0.25) is 0 Å². The highest BCUT2D eigenvalue weighted by Crippen LogP contribution is 2.40. The molecule has 2 nitrogen and oxygen atoms in total. The van der Waals surface area contributed by atoms with Crippen molar-refractivity contribution in [2.24, 2.45) is 0 Å². The van der Waals surface area contributed by atoms with Crippen LogP contribution >= 0.6 is 0 Å². The Labute approximate surface area is 299 Å². The Bertz CT molecular complexity index is 2490. The molecule has 0 N–H and O–H groups in total. The number of hydrogen-bond donors (Lipinski definition) is 0. The van der Waals surface area contributed by atoms with E-state index in [-0.39, 0.29) is 0 Å². The van der Waals surface area contributed by atoms with Gasteiger partial charge in [-0.1, -0.05) is 139 Å². The molecule has 0 spiro atoms. The Morgan fingerprint density at radius 3 is 1.25 bits per heavy atom. The maximum Gasteiger partial charge on any atom is 0.0541 e. The van der Waals surface area contributed by atoms with Crippen molar-refractivity contribution in [1.29, 1.82) is 0 Å². The van der Waals surface area contributed by atoms with Gasteiger partial charge in [-0.2, -0.15) is 0 Å². The molecule has 0 unspecified atom stereocenters. The van der Waals surface area contributed by atoms with Crippen LogP contribution in [0.2, 0.25) is 0 Å². The van der Waals surface area contributed by atoms with E-state index in [1.807, 2.05) is 0 Å². The molecule has 0 amide bonds. The summed E-state index contributed by atoms with van der Waals surface area (Å²) in [5.74, 6) is 0. The summed E-state index contributed by atoms with van der Waals surface area (Å²) in [6.07, 6.45) is 0. The van der Waals surface area contributed by atoms with E-state index in [0.29, 0.717) is 0 Å². The van der Waals surface area contributed by atoms with Crippen molar-refractivity contribution in [3.05, 3.63) is 206 Å². The summed E-state index contributed by atoms with van der Waals surface area (Å²) in [6.45, 7) is 2.14. The van der Waals surface area contributed by atoms with Gasteiger partial charge < -0.3 is 9.47 Å². The molecule has 51 heavy (non-hydrogen) atoms. The average Bonchev–Trinajstić information content (AvgIpc) is 3.54. The molecule has 0 aliphatic heterocycles. The van der Waals surface area contributed by atoms with E-state index in [2.05, 4.69) is 217 Å². The summed E-state index contributed by atoms with van der Waals surface area (Å²) >= 11 is 0. The first kappa shape index (κ1) is 30.4. The van der Waals surface area contributed by atoms with E-state index in [1.54, 1.807) is 0 Å². The quantitative estimate of drug-likeness (QED) is 0.166. The fraction of sp³-hybridized carbons (Fsp3) is 0.0204. The number of aryl methyl sites for hydroxylation is 1. The van der Waals surface area contributed by atoms with Gasteiger partial charge in [0.15, 0.2) is 0 Å². The van der Waals surface area contributed by atoms with Gasteiger partial charge in [0, 0.05) is 33.5 Å². The predicted octanol–water partition coefficient (Wildman–Crippen LogP) is 13.6. The third-order valence-corrected chi connectivity index (χ3v) is 9.85. The molecule has 9 aromatic rings. The lowest BCUT2D eigenvalue weighted by Crippen LogP contribution is -2.10. The molecular formula is C49H36N2. The van der Waals surface area contributed by atoms with Crippen LogP contribution in [-0.4, -0.2) is 4.57 Å². The van der Waals surface area contributed by atoms with Crippen molar-refractivity contribution in [1.82, 2.24) is 4.57 Å². The molecule has 242 valence electrons. The Balaban J connectivity index is 1.11. The number of aromatic nitrogens is 1. The van der Waals surface area contributed by atoms with Gasteiger partial charge in [0.05, 0.1) is 11.0 Å². The molecule has 0 saturated carbocycles. The van der Waals surface area contributed by atoms with Crippen LogP contribution in [0.5, 0.6) is 0 Å². The average molecular weight is 653 g/mol. The predicted molar refractivity (Wildman–Crippen MR) is 217 cm³/mol. The summed E-state index contributed by atoms with van der Waals surface area (Å²) in [5, 5.41) is 2.55. The SMILES string of the molecule is Cc1ccc(N(c2ccc(-c3ccc(-n4c5ccccc5c5ccccc54)cc3)cc2)c2cc(-c3ccccc3)cc(-c3ccccc3)c2)cc1. The molecule has 0 radical (unpaired) electrons. The van der Waals surface area contributed by atoms with E-state index in [0.717, 1.165) is 22.7 Å². The Kier molecular flexibility index (Phi) is 7.75. The van der Waals surface area contributed by atoms with E-state index >= 15 is 0 Å². The second-order valence-electron chi connectivity index (χ2n) is 13.1. The minimum absolute atomic E-state index is 1.11. The van der Waals surface area contributed by atoms with Crippen molar-refractivity contribution in [3.63, 3.8) is 0 Å². The minimum Gasteiger partial charge on any atom is -0.310 e. The van der Waals surface area contributed by atoms with Gasteiger partial charge in [-0.15, -0.1) is 0 Å². The molecule has 1 aromatic heterocycles. The maximum atomic E-state index is 2.37. The number of para-hydroxylation sites is 2. The van der Waals surface area contributed by atoms with Crippen molar-refractivity contribution in [3.8, 4) is 39.1 Å². The minimum atomic E-state index is 1.11. The van der Waals surface area contributed by atoms with Crippen LogP contribution < -0.4 is 4.90 Å². The third kappa shape index (κ3) is 5.77. The molecule has 1 heterocycles. The molecular weight excluding hydrogens is 617 g/mol. The van der Waals surface area contributed by atoms with Crippen molar-refractivity contribution < 1.29 is 0 Å². The molecule has 0 fully saturated rings. The van der Waals surface area contributed by atoms with Crippen LogP contribution in [0.4, 0.5) is 17.1 Å². The highest BCUT2D eigenvalue weighted by molar-refractivity contribution is 6.09. The zero-order chi connectivity index (χ0) is 34.1. The van der Waals surface area contributed by atoms with Gasteiger partial charge in [0.1, 0.15) is 0 Å². The zero-order valence-corrected chi connectivity index (χ0v) is 28.4. The highest BCUT2D eigenvalue weighted by atomic mass is 15.1. The normalized spacial score (nSPS) is 11.2. The monoisotopic (exact) mass is 652 g/mol. The molecule has 0 aliphatic rings. The van der Waals surface area contributed by atoms with Gasteiger partial charge in [-0.3, -0.25) is 0 Å². The molecule has 0 atom stereocenters. The van der Waals surface area contributed by atoms with Crippen molar-refractivity contribution >= 4 is 38.9 Å². The molecule has 9 rings (SSSR count). The van der Waals surface area contributed by atoms with E-state index < -0.39 is 0 Å². The first-order valence-electron chi connectivity index (χ1n) is 17.5. The van der Waals surface area contributed by atoms with Gasteiger partial charge in [-0.25, -0.2) is 0 Å². The first-order chi connectivity index (χ1) is 25.2. The number of hydrogen-bond acceptors (Lipinski definition) is 1. The number of anilines is 3. The number of fused-ring (bicyclic) bond motifs is 3. The fourth-order valence-corrected chi connectivity index (χ4v) is 7.28. The van der Waals surface area contributed by atoms with Gasteiger partial charge in [0.25, 0.3) is 0 Å². The van der Waals surface area contributed by atoms with Crippen LogP contribution in [-0.2, 0) is 0 Å². The van der Waals surface area contributed by atoms with E-state index in [1.165, 1.54) is 60.8 Å². The van der Waals surface area contributed by atoms with Crippen LogP contribution in [0.15, 0.2) is 200 Å². The van der Waals surface area contributed by atoms with E-state index in [4.69, 9.17) is 0 Å². The lowest BCUT2D eigenvalue weighted by atomic mass is 9.97. The summed E-state index contributed by atoms with van der Waals surface area (Å²) in [6, 6.07) is 72.3. The summed E-state index contributed by atoms with van der Waals surface area (Å²) in [5.41, 5.74) is 15.3. The number of nitrogens with zero attached hydrogens (tertiary/aromatic N) is 2. The summed E-state index contributed by atoms with van der Waals surface area (Å²) < 4.78 is 2.37. The molecule has 8 aromatic carbocycles. The first-order valence-corrected chi connectivity index (χ1v) is 17.5. The smallest absolute Gasteiger partial charge is 0.0541 e. The van der Waals surface area contributed by atoms with Gasteiger partial charge in [-0.05, 0) is 107 Å². The summed E-state index contributed by atoms with van der Waals surface area (Å²) in [4.78, 5) is 2.37. The van der Waals surface area contributed by atoms with Crippen molar-refractivity contribution in [2.45, 2.75) is 6.92 Å². The molecule has 0 bridgehead atoms. The number of rotatable bonds is 7. The molecule has 0 aliphatic carbocycles. The standard InChI is InChI=1S/C49H36N2/c1-35-20-26-42(27-21-35)50(45-33-40(36-12-4-2-5-13-36)32-41(34-45)37-14-6-3-7-15-37)43-28-22-38(23-29-43)39-24-30-44(31-25-39)51-48-18-10-8-16-46(48)47-17-9-11-19-49(47)51/h2-34H,1H3. The number of benzene rings is 8. The summed E-state index contributed by atoms with van der Waals surface area (Å²) in [7, 11) is 0. The fourth-order valence-electron chi connectivity index (χ4n) is 7.28. The zero-order valence-electron chi connectivity index (χ0n) is 28.4. The Morgan fingerprint density at radius 2 is 0.745 bits per heavy atom.